The molecule has 0 bridgehead atoms. The van der Waals surface area contributed by atoms with Crippen LogP contribution in [0, 0.1) is 6.92 Å². The molecule has 5 N–H and O–H groups in total. The van der Waals surface area contributed by atoms with Crippen molar-refractivity contribution >= 4 is 40.3 Å². The number of nitrogens with zero attached hydrogens (tertiary/aromatic N) is 1. The molecule has 10 nitrogen and oxygen atoms in total. The normalized spacial score (nSPS) is 12.3. The van der Waals surface area contributed by atoms with Gasteiger partial charge in [0.15, 0.2) is 0 Å². The molecule has 3 amide bonds. The first-order valence-corrected chi connectivity index (χ1v) is 15.9. The molecule has 2 atom stereocenters. The Bertz CT molecular complexity index is 1720. The Morgan fingerprint density at radius 1 is 0.894 bits per heavy atom. The molecular formula is C37H43N5O5. The largest absolute Gasteiger partial charge is 0.481 e. The van der Waals surface area contributed by atoms with Gasteiger partial charge in [-0.05, 0) is 76.4 Å². The predicted molar refractivity (Wildman–Crippen MR) is 184 cm³/mol. The molecule has 0 radical (unpaired) electrons. The number of carbonyl (C=O) groups excluding carboxylic acids is 3. The van der Waals surface area contributed by atoms with Gasteiger partial charge in [-0.2, -0.15) is 0 Å². The van der Waals surface area contributed by atoms with Crippen LogP contribution in [-0.4, -0.2) is 52.9 Å². The number of fused-ring (bicyclic) bond motifs is 1. The van der Waals surface area contributed by atoms with Gasteiger partial charge in [-0.1, -0.05) is 74.5 Å². The molecule has 0 fully saturated rings. The summed E-state index contributed by atoms with van der Waals surface area (Å²) in [7, 11) is 0. The van der Waals surface area contributed by atoms with Crippen LogP contribution in [0.1, 0.15) is 68.7 Å². The number of aromatic nitrogens is 1. The molecule has 0 saturated heterocycles. The molecule has 246 valence electrons. The zero-order valence-corrected chi connectivity index (χ0v) is 27.3. The summed E-state index contributed by atoms with van der Waals surface area (Å²) in [5.74, 6) is -1.38. The first-order valence-electron chi connectivity index (χ1n) is 15.9. The SMILES string of the molecule is CC(=O)N[C@@H](CCCNc1cc(C)ccn1)C(=O)NCC(=O)N[C@@H](CC(=O)O)c1ccc(-c2ccc(C(C)C)c3ccccc23)cc1. The first kappa shape index (κ1) is 34.6. The second-order valence-corrected chi connectivity index (χ2v) is 12.0. The average molecular weight is 638 g/mol. The maximum absolute atomic E-state index is 12.9. The highest BCUT2D eigenvalue weighted by Crippen LogP contribution is 2.34. The number of carboxylic acid groups (broad SMARTS) is 1. The Hall–Kier alpha value is -5.25. The van der Waals surface area contributed by atoms with Crippen LogP contribution in [0.4, 0.5) is 5.82 Å². The zero-order chi connectivity index (χ0) is 33.9. The molecule has 4 rings (SSSR count). The molecule has 0 spiro atoms. The summed E-state index contributed by atoms with van der Waals surface area (Å²) in [5, 5.41) is 23.1. The third-order valence-electron chi connectivity index (χ3n) is 7.93. The predicted octanol–water partition coefficient (Wildman–Crippen LogP) is 5.48. The third-order valence-corrected chi connectivity index (χ3v) is 7.93. The van der Waals surface area contributed by atoms with Crippen LogP contribution >= 0.6 is 0 Å². The first-order chi connectivity index (χ1) is 22.5. The van der Waals surface area contributed by atoms with E-state index in [0.29, 0.717) is 30.9 Å². The lowest BCUT2D eigenvalue weighted by atomic mass is 9.90. The van der Waals surface area contributed by atoms with E-state index in [4.69, 9.17) is 0 Å². The number of carbonyl (C=O) groups is 4. The summed E-state index contributed by atoms with van der Waals surface area (Å²) in [6, 6.07) is 22.2. The number of rotatable bonds is 15. The van der Waals surface area contributed by atoms with E-state index < -0.39 is 29.9 Å². The van der Waals surface area contributed by atoms with Crippen molar-refractivity contribution in [2.24, 2.45) is 0 Å². The van der Waals surface area contributed by atoms with Crippen molar-refractivity contribution in [3.63, 3.8) is 0 Å². The minimum atomic E-state index is -1.07. The Morgan fingerprint density at radius 2 is 1.62 bits per heavy atom. The van der Waals surface area contributed by atoms with Crippen LogP contribution in [0.25, 0.3) is 21.9 Å². The summed E-state index contributed by atoms with van der Waals surface area (Å²) in [6.45, 7) is 7.80. The number of aliphatic carboxylic acids is 1. The fourth-order valence-corrected chi connectivity index (χ4v) is 5.61. The zero-order valence-electron chi connectivity index (χ0n) is 27.3. The number of hydrogen-bond donors (Lipinski definition) is 5. The van der Waals surface area contributed by atoms with Crippen molar-refractivity contribution in [2.45, 2.75) is 65.0 Å². The molecule has 4 aromatic rings. The quantitative estimate of drug-likeness (QED) is 0.108. The molecule has 47 heavy (non-hydrogen) atoms. The van der Waals surface area contributed by atoms with E-state index in [1.807, 2.05) is 55.5 Å². The van der Waals surface area contributed by atoms with Gasteiger partial charge in [0.2, 0.25) is 17.7 Å². The van der Waals surface area contributed by atoms with Crippen LogP contribution in [-0.2, 0) is 19.2 Å². The van der Waals surface area contributed by atoms with Crippen LogP contribution < -0.4 is 21.3 Å². The molecule has 3 aromatic carbocycles. The number of anilines is 1. The van der Waals surface area contributed by atoms with E-state index in [1.165, 1.54) is 17.9 Å². The molecule has 10 heteroatoms. The number of carboxylic acids is 1. The van der Waals surface area contributed by atoms with Gasteiger partial charge in [-0.15, -0.1) is 0 Å². The smallest absolute Gasteiger partial charge is 0.305 e. The Labute approximate surface area is 275 Å². The highest BCUT2D eigenvalue weighted by atomic mass is 16.4. The number of amides is 3. The van der Waals surface area contributed by atoms with Gasteiger partial charge in [0, 0.05) is 19.7 Å². The van der Waals surface area contributed by atoms with Gasteiger partial charge in [0.05, 0.1) is 19.0 Å². The van der Waals surface area contributed by atoms with Gasteiger partial charge in [-0.25, -0.2) is 4.98 Å². The lowest BCUT2D eigenvalue weighted by Crippen LogP contribution is -2.49. The molecule has 0 aliphatic heterocycles. The second kappa shape index (κ2) is 16.4. The lowest BCUT2D eigenvalue weighted by Gasteiger charge is -2.20. The number of pyridine rings is 1. The van der Waals surface area contributed by atoms with Gasteiger partial charge in [-0.3, -0.25) is 19.2 Å². The maximum Gasteiger partial charge on any atom is 0.305 e. The van der Waals surface area contributed by atoms with E-state index in [9.17, 15) is 24.3 Å². The number of nitrogens with one attached hydrogen (secondary N) is 4. The summed E-state index contributed by atoms with van der Waals surface area (Å²) in [6.07, 6.45) is 2.28. The van der Waals surface area contributed by atoms with Crippen molar-refractivity contribution < 1.29 is 24.3 Å². The number of benzene rings is 3. The summed E-state index contributed by atoms with van der Waals surface area (Å²) in [5.41, 5.74) is 5.01. The maximum atomic E-state index is 12.9. The van der Waals surface area contributed by atoms with Crippen molar-refractivity contribution in [3.05, 3.63) is 95.7 Å². The van der Waals surface area contributed by atoms with Gasteiger partial charge in [0.1, 0.15) is 11.9 Å². The van der Waals surface area contributed by atoms with E-state index in [2.05, 4.69) is 64.4 Å². The molecule has 0 aliphatic carbocycles. The van der Waals surface area contributed by atoms with Crippen LogP contribution in [0.5, 0.6) is 0 Å². The highest BCUT2D eigenvalue weighted by Gasteiger charge is 2.22. The van der Waals surface area contributed by atoms with E-state index in [0.717, 1.165) is 27.9 Å². The van der Waals surface area contributed by atoms with Crippen LogP contribution in [0.2, 0.25) is 0 Å². The fourth-order valence-electron chi connectivity index (χ4n) is 5.61. The fraction of sp³-hybridized carbons (Fsp3) is 0.324. The molecule has 0 aliphatic rings. The highest BCUT2D eigenvalue weighted by molar-refractivity contribution is 5.99. The molecule has 1 aromatic heterocycles. The monoisotopic (exact) mass is 637 g/mol. The minimum absolute atomic E-state index is 0.331. The van der Waals surface area contributed by atoms with Gasteiger partial charge < -0.3 is 26.4 Å². The lowest BCUT2D eigenvalue weighted by molar-refractivity contribution is -0.138. The molecule has 0 saturated carbocycles. The van der Waals surface area contributed by atoms with Crippen LogP contribution in [0.15, 0.2) is 79.0 Å². The van der Waals surface area contributed by atoms with Crippen molar-refractivity contribution in [1.29, 1.82) is 0 Å². The van der Waals surface area contributed by atoms with Crippen molar-refractivity contribution in [2.75, 3.05) is 18.4 Å². The third kappa shape index (κ3) is 9.87. The van der Waals surface area contributed by atoms with Crippen molar-refractivity contribution in [1.82, 2.24) is 20.9 Å². The Morgan fingerprint density at radius 3 is 2.28 bits per heavy atom. The Balaban J connectivity index is 1.37. The topological polar surface area (TPSA) is 150 Å². The summed E-state index contributed by atoms with van der Waals surface area (Å²) in [4.78, 5) is 53.5. The van der Waals surface area contributed by atoms with Gasteiger partial charge in [0.25, 0.3) is 0 Å². The minimum Gasteiger partial charge on any atom is -0.481 e. The molecule has 1 heterocycles. The van der Waals surface area contributed by atoms with E-state index in [-0.39, 0.29) is 18.9 Å². The van der Waals surface area contributed by atoms with E-state index >= 15 is 0 Å². The van der Waals surface area contributed by atoms with Crippen LogP contribution in [0.3, 0.4) is 0 Å². The number of aryl methyl sites for hydroxylation is 1. The Kier molecular flexibility index (Phi) is 12.0. The summed E-state index contributed by atoms with van der Waals surface area (Å²) < 4.78 is 0. The second-order valence-electron chi connectivity index (χ2n) is 12.0. The average Bonchev–Trinajstić information content (AvgIpc) is 3.04. The standard InChI is InChI=1S/C37H43N5O5/c1-23(2)28-15-16-29(31-9-6-5-8-30(28)31)26-11-13-27(14-12-26)33(21-36(45)46)42-35(44)22-40-37(47)32(41-25(4)43)10-7-18-38-34-20-24(3)17-19-39-34/h5-6,8-9,11-17,19-20,23,32-33H,7,10,18,21-22H2,1-4H3,(H,38,39)(H,40,47)(H,41,43)(H,42,44)(H,45,46)/t32-,33-/m0/s1. The molecule has 0 unspecified atom stereocenters. The van der Waals surface area contributed by atoms with Gasteiger partial charge >= 0.3 is 5.97 Å². The summed E-state index contributed by atoms with van der Waals surface area (Å²) >= 11 is 0. The number of hydrogen-bond acceptors (Lipinski definition) is 6. The van der Waals surface area contributed by atoms with Crippen molar-refractivity contribution in [3.8, 4) is 11.1 Å². The van der Waals surface area contributed by atoms with E-state index in [1.54, 1.807) is 6.20 Å². The molecular weight excluding hydrogens is 594 g/mol.